The molecule has 0 spiro atoms. The molecule has 0 saturated carbocycles. The van der Waals surface area contributed by atoms with Crippen LogP contribution in [0.25, 0.3) is 0 Å². The van der Waals surface area contributed by atoms with Crippen molar-refractivity contribution in [1.29, 1.82) is 0 Å². The second-order valence-corrected chi connectivity index (χ2v) is 14.8. The molecule has 338 valence electrons. The lowest BCUT2D eigenvalue weighted by Gasteiger charge is -2.44. The van der Waals surface area contributed by atoms with Gasteiger partial charge in [0.2, 0.25) is 0 Å². The van der Waals surface area contributed by atoms with Crippen LogP contribution in [0.1, 0.15) is 48.9 Å². The molecule has 0 aliphatic rings. The van der Waals surface area contributed by atoms with Gasteiger partial charge in [-0.05, 0) is 25.3 Å². The molecule has 1 atom stereocenters. The molecule has 0 aliphatic carbocycles. The van der Waals surface area contributed by atoms with E-state index in [9.17, 15) is 52.7 Å². The van der Waals surface area contributed by atoms with Gasteiger partial charge in [-0.15, -0.1) is 21.9 Å². The Balaban J connectivity index is 0.000000337. The Kier molecular flexibility index (Phi) is 13.3. The molecular weight excluding hydrogens is 907 g/mol. The molecule has 0 aliphatic heterocycles. The van der Waals surface area contributed by atoms with Crippen LogP contribution < -0.4 is 21.9 Å². The minimum Gasteiger partial charge on any atom is -0.207 e. The summed E-state index contributed by atoms with van der Waals surface area (Å²) in [6, 6.07) is 17.5. The summed E-state index contributed by atoms with van der Waals surface area (Å²) in [7, 11) is 0. The number of halogens is 20. The maximum absolute atomic E-state index is 15.4. The third-order valence-electron chi connectivity index (χ3n) is 10.6. The van der Waals surface area contributed by atoms with E-state index in [1.807, 2.05) is 0 Å². The van der Waals surface area contributed by atoms with E-state index in [0.29, 0.717) is 5.92 Å². The predicted molar refractivity (Wildman–Crippen MR) is 193 cm³/mol. The first-order chi connectivity index (χ1) is 29.6. The zero-order valence-corrected chi connectivity index (χ0v) is 32.5. The van der Waals surface area contributed by atoms with E-state index in [1.165, 1.54) is 22.3 Å². The van der Waals surface area contributed by atoms with E-state index in [1.54, 1.807) is 0 Å². The number of hydrogen-bond donors (Lipinski definition) is 0. The van der Waals surface area contributed by atoms with Crippen LogP contribution in [0.3, 0.4) is 0 Å². The van der Waals surface area contributed by atoms with Crippen molar-refractivity contribution in [3.05, 3.63) is 194 Å². The lowest BCUT2D eigenvalue weighted by Crippen LogP contribution is -2.81. The lowest BCUT2D eigenvalue weighted by atomic mass is 9.12. The first-order valence-corrected chi connectivity index (χ1v) is 17.9. The summed E-state index contributed by atoms with van der Waals surface area (Å²) in [5, 5.41) is 0. The van der Waals surface area contributed by atoms with Gasteiger partial charge in [-0.25, -0.2) is 87.8 Å². The molecule has 64 heavy (non-hydrogen) atoms. The third-order valence-corrected chi connectivity index (χ3v) is 10.6. The fourth-order valence-corrected chi connectivity index (χ4v) is 7.20. The van der Waals surface area contributed by atoms with Gasteiger partial charge in [-0.1, -0.05) is 67.9 Å². The van der Waals surface area contributed by atoms with Gasteiger partial charge in [0.15, 0.2) is 75.2 Å². The molecule has 0 bridgehead atoms. The van der Waals surface area contributed by atoms with Crippen LogP contribution in [0.5, 0.6) is 0 Å². The molecule has 0 saturated heterocycles. The molecule has 0 N–H and O–H groups in total. The number of hydrogen-bond acceptors (Lipinski definition) is 0. The highest BCUT2D eigenvalue weighted by Gasteiger charge is 2.52. The molecule has 0 radical (unpaired) electrons. The van der Waals surface area contributed by atoms with Crippen LogP contribution in [0.4, 0.5) is 87.8 Å². The standard InChI is InChI=1S/C24BF20.C19H23/c26-5-1(6(27)14(35)21(42)13(5)34)25(2-7(28)15(36)22(43)16(37)8(2)29,3-9(30)17(38)23(44)18(39)10(3)31)4-11(32)19(40)24(45)20(41)12(4)33;1-14(2)16-8-12-18(13-9-16)19(4,5)17-10-6-15(3)7-11-17/h;6-14H,4H2,1-3,5H3/q-1;+1. The molecule has 21 heteroatoms. The van der Waals surface area contributed by atoms with Gasteiger partial charge in [0.1, 0.15) is 52.7 Å². The van der Waals surface area contributed by atoms with Gasteiger partial charge in [0.25, 0.3) is 0 Å². The minimum atomic E-state index is -7.22. The van der Waals surface area contributed by atoms with Gasteiger partial charge in [0.05, 0.1) is 6.92 Å². The smallest absolute Gasteiger partial charge is 0.200 e. The van der Waals surface area contributed by atoms with Crippen molar-refractivity contribution in [3.63, 3.8) is 0 Å². The van der Waals surface area contributed by atoms with Crippen LogP contribution >= 0.6 is 0 Å². The average Bonchev–Trinajstić information content (AvgIpc) is 3.26. The van der Waals surface area contributed by atoms with Crippen LogP contribution in [0, 0.1) is 130 Å². The fourth-order valence-electron chi connectivity index (χ4n) is 7.20. The Morgan fingerprint density at radius 1 is 0.344 bits per heavy atom. The minimum absolute atomic E-state index is 0.191. The van der Waals surface area contributed by atoms with Crippen molar-refractivity contribution in [1.82, 2.24) is 0 Å². The second kappa shape index (κ2) is 17.4. The molecule has 6 rings (SSSR count). The van der Waals surface area contributed by atoms with Gasteiger partial charge in [-0.3, -0.25) is 0 Å². The molecule has 0 nitrogen and oxygen atoms in total. The average molecular weight is 930 g/mol. The van der Waals surface area contributed by atoms with Gasteiger partial charge in [-0.2, -0.15) is 0 Å². The normalized spacial score (nSPS) is 12.7. The highest BCUT2D eigenvalue weighted by Crippen LogP contribution is 2.33. The zero-order chi connectivity index (χ0) is 48.4. The van der Waals surface area contributed by atoms with Crippen molar-refractivity contribution in [2.45, 2.75) is 39.0 Å². The molecule has 0 aromatic heterocycles. The van der Waals surface area contributed by atoms with Crippen molar-refractivity contribution < 1.29 is 87.8 Å². The van der Waals surface area contributed by atoms with Crippen molar-refractivity contribution in [3.8, 4) is 0 Å². The summed E-state index contributed by atoms with van der Waals surface area (Å²) in [5.41, 5.74) is -9.33. The maximum atomic E-state index is 15.4. The maximum Gasteiger partial charge on any atom is 0.200 e. The highest BCUT2D eigenvalue weighted by atomic mass is 19.2. The molecule has 6 aromatic carbocycles. The molecule has 0 amide bonds. The quantitative estimate of drug-likeness (QED) is 0.0492. The number of benzene rings is 6. The summed E-state index contributed by atoms with van der Waals surface area (Å²) in [6.07, 6.45) is -7.22. The van der Waals surface area contributed by atoms with E-state index in [2.05, 4.69) is 83.1 Å². The van der Waals surface area contributed by atoms with E-state index < -0.39 is 144 Å². The van der Waals surface area contributed by atoms with E-state index in [-0.39, 0.29) is 5.41 Å². The first kappa shape index (κ1) is 48.9. The Morgan fingerprint density at radius 3 is 0.734 bits per heavy atom. The van der Waals surface area contributed by atoms with Crippen molar-refractivity contribution in [2.24, 2.45) is 0 Å². The Labute approximate surface area is 348 Å². The van der Waals surface area contributed by atoms with E-state index in [4.69, 9.17) is 0 Å². The van der Waals surface area contributed by atoms with Crippen molar-refractivity contribution in [2.75, 3.05) is 0 Å². The summed E-state index contributed by atoms with van der Waals surface area (Å²) in [6.45, 7) is 13.2. The molecular formula is C43H23BF20. The van der Waals surface area contributed by atoms with Crippen LogP contribution in [-0.4, -0.2) is 6.15 Å². The molecule has 0 heterocycles. The highest BCUT2D eigenvalue weighted by molar-refractivity contribution is 7.20. The van der Waals surface area contributed by atoms with Gasteiger partial charge >= 0.3 is 0 Å². The molecule has 6 aromatic rings. The largest absolute Gasteiger partial charge is 0.207 e. The van der Waals surface area contributed by atoms with Gasteiger partial charge < -0.3 is 0 Å². The summed E-state index contributed by atoms with van der Waals surface area (Å²) in [5.74, 6) is -70.8. The van der Waals surface area contributed by atoms with Crippen LogP contribution in [0.2, 0.25) is 0 Å². The number of rotatable bonds is 7. The first-order valence-electron chi connectivity index (χ1n) is 17.9. The molecule has 1 unspecified atom stereocenters. The fraction of sp³-hybridized carbons (Fsp3) is 0.140. The summed E-state index contributed by atoms with van der Waals surface area (Å²) < 4.78 is 294. The van der Waals surface area contributed by atoms with E-state index >= 15 is 35.1 Å². The second-order valence-electron chi connectivity index (χ2n) is 14.8. The Hall–Kier alpha value is -6.15. The number of aryl methyl sites for hydroxylation is 1. The van der Waals surface area contributed by atoms with E-state index in [0.717, 1.165) is 0 Å². The SMILES string of the molecule is Fc1c(F)c(F)c([B-](c2c(F)c(F)c(F)c(F)c2F)(c2c(F)c(F)c(F)c(F)c2F)c2c(F)c(F)c(F)c(F)c2F)c(F)c1F.[CH2+]C(C)(c1ccc(C)cc1)c1ccc(C(C)C)cc1. The zero-order valence-electron chi connectivity index (χ0n) is 32.5. The topological polar surface area (TPSA) is 0 Å². The third kappa shape index (κ3) is 7.48. The van der Waals surface area contributed by atoms with Crippen LogP contribution in [-0.2, 0) is 5.41 Å². The predicted octanol–water partition coefficient (Wildman–Crippen LogP) is 11.1. The lowest BCUT2D eigenvalue weighted by molar-refractivity contribution is 0.378. The molecule has 0 fully saturated rings. The van der Waals surface area contributed by atoms with Gasteiger partial charge in [0, 0.05) is 11.1 Å². The Morgan fingerprint density at radius 2 is 0.531 bits per heavy atom. The Bertz CT molecular complexity index is 2440. The summed E-state index contributed by atoms with van der Waals surface area (Å²) >= 11 is 0. The van der Waals surface area contributed by atoms with Crippen molar-refractivity contribution >= 4 is 28.0 Å². The summed E-state index contributed by atoms with van der Waals surface area (Å²) in [4.78, 5) is 0. The monoisotopic (exact) mass is 930 g/mol. The van der Waals surface area contributed by atoms with Crippen LogP contribution in [0.15, 0.2) is 48.5 Å².